The van der Waals surface area contributed by atoms with Crippen molar-refractivity contribution in [1.82, 2.24) is 4.31 Å². The Balaban J connectivity index is 1.66. The molecule has 3 rings (SSSR count). The van der Waals surface area contributed by atoms with Gasteiger partial charge in [-0.25, -0.2) is 8.42 Å². The molecule has 0 radical (unpaired) electrons. The SMILES string of the molecule is O=S(=O)(/C=C/c1ccccc1)N1CCOC(Cc2ccccc2)C1. The van der Waals surface area contributed by atoms with Gasteiger partial charge in [-0.05, 0) is 23.6 Å². The summed E-state index contributed by atoms with van der Waals surface area (Å²) < 4.78 is 32.3. The molecule has 126 valence electrons. The largest absolute Gasteiger partial charge is 0.375 e. The molecule has 24 heavy (non-hydrogen) atoms. The zero-order chi connectivity index (χ0) is 16.8. The Morgan fingerprint density at radius 3 is 2.42 bits per heavy atom. The molecule has 0 aromatic heterocycles. The maximum atomic E-state index is 12.5. The Kier molecular flexibility index (Phi) is 5.45. The average molecular weight is 343 g/mol. The minimum Gasteiger partial charge on any atom is -0.375 e. The highest BCUT2D eigenvalue weighted by Crippen LogP contribution is 2.16. The summed E-state index contributed by atoms with van der Waals surface area (Å²) in [5, 5.41) is 1.28. The number of benzene rings is 2. The molecule has 0 N–H and O–H groups in total. The molecule has 2 aromatic carbocycles. The fourth-order valence-electron chi connectivity index (χ4n) is 2.74. The van der Waals surface area contributed by atoms with Crippen LogP contribution in [0.15, 0.2) is 66.1 Å². The van der Waals surface area contributed by atoms with Crippen molar-refractivity contribution in [3.63, 3.8) is 0 Å². The molecule has 5 heteroatoms. The van der Waals surface area contributed by atoms with Crippen LogP contribution < -0.4 is 0 Å². The summed E-state index contributed by atoms with van der Waals surface area (Å²) in [4.78, 5) is 0. The zero-order valence-corrected chi connectivity index (χ0v) is 14.2. The molecular weight excluding hydrogens is 322 g/mol. The maximum absolute atomic E-state index is 12.5. The predicted octanol–water partition coefficient (Wildman–Crippen LogP) is 2.93. The van der Waals surface area contributed by atoms with Gasteiger partial charge in [0.05, 0.1) is 12.7 Å². The second-order valence-electron chi connectivity index (χ2n) is 5.80. The van der Waals surface area contributed by atoms with Crippen molar-refractivity contribution in [2.75, 3.05) is 19.7 Å². The lowest BCUT2D eigenvalue weighted by atomic mass is 10.1. The molecule has 1 aliphatic rings. The summed E-state index contributed by atoms with van der Waals surface area (Å²) >= 11 is 0. The highest BCUT2D eigenvalue weighted by molar-refractivity contribution is 7.92. The molecule has 0 amide bonds. The molecule has 0 spiro atoms. The van der Waals surface area contributed by atoms with Crippen LogP contribution in [0.2, 0.25) is 0 Å². The molecule has 0 aliphatic carbocycles. The molecule has 0 bridgehead atoms. The number of nitrogens with zero attached hydrogens (tertiary/aromatic N) is 1. The topological polar surface area (TPSA) is 46.6 Å². The fourth-order valence-corrected chi connectivity index (χ4v) is 3.94. The second-order valence-corrected chi connectivity index (χ2v) is 7.62. The van der Waals surface area contributed by atoms with Gasteiger partial charge in [0.25, 0.3) is 0 Å². The number of morpholine rings is 1. The van der Waals surface area contributed by atoms with E-state index in [-0.39, 0.29) is 6.10 Å². The summed E-state index contributed by atoms with van der Waals surface area (Å²) in [5.41, 5.74) is 2.02. The van der Waals surface area contributed by atoms with E-state index in [2.05, 4.69) is 0 Å². The number of ether oxygens (including phenoxy) is 1. The van der Waals surface area contributed by atoms with Crippen molar-refractivity contribution < 1.29 is 13.2 Å². The van der Waals surface area contributed by atoms with E-state index in [9.17, 15) is 8.42 Å². The minimum atomic E-state index is -3.43. The highest BCUT2D eigenvalue weighted by Gasteiger charge is 2.27. The van der Waals surface area contributed by atoms with Crippen LogP contribution in [0.5, 0.6) is 0 Å². The van der Waals surface area contributed by atoms with Crippen LogP contribution in [0.3, 0.4) is 0 Å². The van der Waals surface area contributed by atoms with E-state index >= 15 is 0 Å². The van der Waals surface area contributed by atoms with Crippen molar-refractivity contribution in [2.24, 2.45) is 0 Å². The van der Waals surface area contributed by atoms with Crippen molar-refractivity contribution in [2.45, 2.75) is 12.5 Å². The number of hydrogen-bond acceptors (Lipinski definition) is 3. The van der Waals surface area contributed by atoms with Crippen LogP contribution in [-0.4, -0.2) is 38.5 Å². The number of hydrogen-bond donors (Lipinski definition) is 0. The van der Waals surface area contributed by atoms with Crippen molar-refractivity contribution in [1.29, 1.82) is 0 Å². The predicted molar refractivity (Wildman–Crippen MR) is 95.9 cm³/mol. The minimum absolute atomic E-state index is 0.110. The third-order valence-electron chi connectivity index (χ3n) is 4.00. The average Bonchev–Trinajstić information content (AvgIpc) is 2.62. The Morgan fingerprint density at radius 1 is 1.04 bits per heavy atom. The summed E-state index contributed by atoms with van der Waals surface area (Å²) in [6.07, 6.45) is 2.24. The first-order valence-corrected chi connectivity index (χ1v) is 9.53. The first-order valence-electron chi connectivity index (χ1n) is 8.02. The van der Waals surface area contributed by atoms with Gasteiger partial charge < -0.3 is 4.74 Å². The van der Waals surface area contributed by atoms with Gasteiger partial charge in [0.15, 0.2) is 0 Å². The Labute approximate surface area is 143 Å². The summed E-state index contributed by atoms with van der Waals surface area (Å²) in [5.74, 6) is 0. The first-order chi connectivity index (χ1) is 11.6. The van der Waals surface area contributed by atoms with Gasteiger partial charge >= 0.3 is 0 Å². The van der Waals surface area contributed by atoms with Gasteiger partial charge in [-0.3, -0.25) is 0 Å². The Morgan fingerprint density at radius 2 is 1.71 bits per heavy atom. The van der Waals surface area contributed by atoms with Gasteiger partial charge in [0.1, 0.15) is 0 Å². The van der Waals surface area contributed by atoms with E-state index in [1.165, 1.54) is 9.71 Å². The monoisotopic (exact) mass is 343 g/mol. The van der Waals surface area contributed by atoms with E-state index in [0.29, 0.717) is 19.7 Å². The van der Waals surface area contributed by atoms with Crippen molar-refractivity contribution in [3.8, 4) is 0 Å². The van der Waals surface area contributed by atoms with Crippen LogP contribution in [0.4, 0.5) is 0 Å². The molecule has 1 aliphatic heterocycles. The normalized spacial score (nSPS) is 19.6. The molecule has 1 saturated heterocycles. The summed E-state index contributed by atoms with van der Waals surface area (Å²) in [6, 6.07) is 19.4. The molecule has 1 heterocycles. The van der Waals surface area contributed by atoms with E-state index in [4.69, 9.17) is 4.74 Å². The van der Waals surface area contributed by atoms with Crippen LogP contribution in [0.25, 0.3) is 6.08 Å². The number of sulfonamides is 1. The quantitative estimate of drug-likeness (QED) is 0.839. The van der Waals surface area contributed by atoms with Gasteiger partial charge in [-0.1, -0.05) is 60.7 Å². The van der Waals surface area contributed by atoms with Crippen LogP contribution >= 0.6 is 0 Å². The smallest absolute Gasteiger partial charge is 0.236 e. The molecule has 1 fully saturated rings. The van der Waals surface area contributed by atoms with Gasteiger partial charge in [0.2, 0.25) is 10.0 Å². The third kappa shape index (κ3) is 4.54. The summed E-state index contributed by atoms with van der Waals surface area (Å²) in [6.45, 7) is 1.21. The molecule has 1 unspecified atom stereocenters. The molecule has 1 atom stereocenters. The molecular formula is C19H21NO3S. The standard InChI is InChI=1S/C19H21NO3S/c21-24(22,14-11-17-7-3-1-4-8-17)20-12-13-23-19(16-20)15-18-9-5-2-6-10-18/h1-11,14,19H,12-13,15-16H2/b14-11+. The lowest BCUT2D eigenvalue weighted by molar-refractivity contribution is -0.000113. The van der Waals surface area contributed by atoms with Crippen LogP contribution in [0.1, 0.15) is 11.1 Å². The van der Waals surface area contributed by atoms with Crippen LogP contribution in [-0.2, 0) is 21.2 Å². The first kappa shape index (κ1) is 16.9. The van der Waals surface area contributed by atoms with E-state index in [1.54, 1.807) is 6.08 Å². The fraction of sp³-hybridized carbons (Fsp3) is 0.263. The van der Waals surface area contributed by atoms with E-state index in [0.717, 1.165) is 17.5 Å². The maximum Gasteiger partial charge on any atom is 0.236 e. The van der Waals surface area contributed by atoms with Crippen LogP contribution in [0, 0.1) is 0 Å². The third-order valence-corrected chi connectivity index (χ3v) is 5.53. The Bertz CT molecular complexity index is 773. The number of rotatable bonds is 5. The molecule has 0 saturated carbocycles. The van der Waals surface area contributed by atoms with Crippen molar-refractivity contribution >= 4 is 16.1 Å². The zero-order valence-electron chi connectivity index (χ0n) is 13.4. The molecule has 2 aromatic rings. The van der Waals surface area contributed by atoms with Gasteiger partial charge in [-0.15, -0.1) is 0 Å². The van der Waals surface area contributed by atoms with Gasteiger partial charge in [0, 0.05) is 18.5 Å². The lowest BCUT2D eigenvalue weighted by Crippen LogP contribution is -2.45. The Hall–Kier alpha value is -1.95. The van der Waals surface area contributed by atoms with E-state index in [1.807, 2.05) is 60.7 Å². The highest BCUT2D eigenvalue weighted by atomic mass is 32.2. The summed E-state index contributed by atoms with van der Waals surface area (Å²) in [7, 11) is -3.43. The van der Waals surface area contributed by atoms with Gasteiger partial charge in [-0.2, -0.15) is 4.31 Å². The molecule has 4 nitrogen and oxygen atoms in total. The van der Waals surface area contributed by atoms with Crippen molar-refractivity contribution in [3.05, 3.63) is 77.2 Å². The second kappa shape index (κ2) is 7.75. The lowest BCUT2D eigenvalue weighted by Gasteiger charge is -2.31. The van der Waals surface area contributed by atoms with E-state index < -0.39 is 10.0 Å².